The third kappa shape index (κ3) is 1.36. The summed E-state index contributed by atoms with van der Waals surface area (Å²) in [6.07, 6.45) is 0. The summed E-state index contributed by atoms with van der Waals surface area (Å²) in [5.41, 5.74) is 0. The Balaban J connectivity index is 2.30. The van der Waals surface area contributed by atoms with Crippen molar-refractivity contribution in [3.05, 3.63) is 4.91 Å². The van der Waals surface area contributed by atoms with Crippen molar-refractivity contribution in [2.24, 2.45) is 5.34 Å². The Kier molecular flexibility index (Phi) is 1.98. The Bertz CT molecular complexity index is 17.2. The monoisotopic (exact) mass is 62.0 g/mol. The lowest BCUT2D eigenvalue weighted by molar-refractivity contribution is -0.692. The molecule has 0 spiro atoms. The van der Waals surface area contributed by atoms with Gasteiger partial charge in [0, 0.05) is 0 Å². The third-order valence-corrected chi connectivity index (χ3v) is 0.0304. The highest BCUT2D eigenvalue weighted by Gasteiger charge is 1.32. The first-order chi connectivity index (χ1) is 1.91. The summed E-state index contributed by atoms with van der Waals surface area (Å²) >= 11 is 0. The van der Waals surface area contributed by atoms with Crippen LogP contribution in [0.5, 0.6) is 0 Å². The summed E-state index contributed by atoms with van der Waals surface area (Å²) in [6.45, 7) is 0. The fourth-order valence-electron chi connectivity index (χ4n) is 0. The van der Waals surface area contributed by atoms with Crippen molar-refractivity contribution in [3.8, 4) is 0 Å². The average molecular weight is 62.0 g/mol. The van der Waals surface area contributed by atoms with Gasteiger partial charge in [0.05, 0.1) is 0 Å². The average Bonchev–Trinajstić information content (AvgIpc) is 1.37. The largest absolute Gasteiger partial charge is 0.635 e. The second-order valence-corrected chi connectivity index (χ2v) is 0.149. The summed E-state index contributed by atoms with van der Waals surface area (Å²) in [7, 11) is 0. The quantitative estimate of drug-likeness (QED) is 0.221. The smallest absolute Gasteiger partial charge is 0.149 e. The van der Waals surface area contributed by atoms with Gasteiger partial charge in [-0.3, -0.25) is 0 Å². The van der Waals surface area contributed by atoms with Crippen LogP contribution in [0.1, 0.15) is 0 Å². The third-order valence-electron chi connectivity index (χ3n) is 0.0304. The predicted molar refractivity (Wildman–Crippen MR) is 6.88 cm³/mol. The second-order valence-electron chi connectivity index (χ2n) is 0.149. The molecule has 0 saturated heterocycles. The molecule has 0 N–H and O–H groups in total. The van der Waals surface area contributed by atoms with Gasteiger partial charge in [-0.1, -0.05) is 0 Å². The van der Waals surface area contributed by atoms with Crippen molar-refractivity contribution in [2.45, 2.75) is 0 Å². The van der Waals surface area contributed by atoms with E-state index in [2.05, 4.69) is 4.99 Å². The minimum absolute atomic E-state index is 1.43. The maximum atomic E-state index is 8.39. The molecule has 4 heteroatoms. The molecule has 4 heavy (non-hydrogen) atoms. The summed E-state index contributed by atoms with van der Waals surface area (Å²) in [5.74, 6) is 0. The predicted octanol–water partition coefficient (Wildman–Crippen LogP) is -1.04. The normalized spacial score (nSPS) is 5.25. The zero-order chi connectivity index (χ0) is 3.41. The highest BCUT2D eigenvalue weighted by Crippen LogP contribution is 1.43. The molecule has 0 rings (SSSR count). The van der Waals surface area contributed by atoms with Gasteiger partial charge in [0.1, 0.15) is 5.34 Å². The molecule has 0 aliphatic rings. The van der Waals surface area contributed by atoms with Crippen LogP contribution in [-0.2, 0) is 4.99 Å². The van der Waals surface area contributed by atoms with E-state index in [1.54, 1.807) is 0 Å². The Morgan fingerprint density at radius 3 is 2.25 bits per heavy atom. The molecule has 0 unspecified atom stereocenters. The molecular formula is NO3-. The van der Waals surface area contributed by atoms with Crippen LogP contribution in [0.25, 0.3) is 0 Å². The van der Waals surface area contributed by atoms with E-state index in [0.29, 0.717) is 0 Å². The van der Waals surface area contributed by atoms with E-state index in [1.807, 2.05) is 0 Å². The van der Waals surface area contributed by atoms with Crippen molar-refractivity contribution in [3.63, 3.8) is 0 Å². The molecule has 0 aromatic carbocycles. The van der Waals surface area contributed by atoms with Crippen molar-refractivity contribution in [1.82, 2.24) is 0 Å². The highest BCUT2D eigenvalue weighted by atomic mass is 17.2. The molecule has 0 amide bonds. The molecule has 0 aromatic rings. The van der Waals surface area contributed by atoms with E-state index in [0.717, 1.165) is 0 Å². The standard InChI is InChI=1S/HNO3/c2-1-4-3/h3H/p-1. The zero-order valence-electron chi connectivity index (χ0n) is 1.67. The number of nitrogens with zero attached hydrogens (tertiary/aromatic N) is 1. The zero-order valence-corrected chi connectivity index (χ0v) is 1.67. The molecule has 0 heterocycles. The Morgan fingerprint density at radius 2 is 2.25 bits per heavy atom. The van der Waals surface area contributed by atoms with Gasteiger partial charge in [-0.25, -0.2) is 0 Å². The van der Waals surface area contributed by atoms with Crippen LogP contribution in [0, 0.1) is 4.91 Å². The van der Waals surface area contributed by atoms with E-state index in [9.17, 15) is 0 Å². The van der Waals surface area contributed by atoms with E-state index in [-0.39, 0.29) is 0 Å². The second kappa shape index (κ2) is 2.36. The van der Waals surface area contributed by atoms with E-state index in [4.69, 9.17) is 10.2 Å². The van der Waals surface area contributed by atoms with Crippen LogP contribution < -0.4 is 5.26 Å². The van der Waals surface area contributed by atoms with Crippen molar-refractivity contribution in [1.29, 1.82) is 0 Å². The van der Waals surface area contributed by atoms with Crippen LogP contribution in [0.15, 0.2) is 5.34 Å². The first-order valence-electron chi connectivity index (χ1n) is 0.532. The molecule has 0 saturated carbocycles. The van der Waals surface area contributed by atoms with Crippen LogP contribution in [0.3, 0.4) is 0 Å². The number of hydrogen-bond acceptors (Lipinski definition) is 4. The van der Waals surface area contributed by atoms with Gasteiger partial charge in [-0.2, -0.15) is 0 Å². The molecule has 0 radical (unpaired) electrons. The summed E-state index contributed by atoms with van der Waals surface area (Å²) < 4.78 is 0. The lowest BCUT2D eigenvalue weighted by Gasteiger charge is -1.83. The minimum Gasteiger partial charge on any atom is -0.635 e. The van der Waals surface area contributed by atoms with Gasteiger partial charge in [-0.05, 0) is 0 Å². The van der Waals surface area contributed by atoms with Crippen molar-refractivity contribution < 1.29 is 10.2 Å². The molecule has 0 aromatic heterocycles. The van der Waals surface area contributed by atoms with Gasteiger partial charge < -0.3 is 10.2 Å². The summed E-state index contributed by atoms with van der Waals surface area (Å²) in [4.78, 5) is 10.8. The van der Waals surface area contributed by atoms with Gasteiger partial charge in [-0.15, -0.1) is 4.91 Å². The lowest BCUT2D eigenvalue weighted by atomic mass is 13.4. The van der Waals surface area contributed by atoms with Crippen LogP contribution >= 0.6 is 0 Å². The summed E-state index contributed by atoms with van der Waals surface area (Å²) in [6, 6.07) is 0. The van der Waals surface area contributed by atoms with Gasteiger partial charge in [0.15, 0.2) is 0 Å². The molecular weight excluding hydrogens is 62.0 g/mol. The van der Waals surface area contributed by atoms with Crippen LogP contribution in [-0.4, -0.2) is 0 Å². The van der Waals surface area contributed by atoms with Crippen LogP contribution in [0.2, 0.25) is 0 Å². The maximum absolute atomic E-state index is 8.39. The fourth-order valence-corrected chi connectivity index (χ4v) is 0. The molecule has 24 valence electrons. The van der Waals surface area contributed by atoms with Gasteiger partial charge in [0.2, 0.25) is 0 Å². The first kappa shape index (κ1) is 3.36. The molecule has 0 aliphatic heterocycles. The molecule has 0 atom stereocenters. The Labute approximate surface area is 21.9 Å². The first-order valence-corrected chi connectivity index (χ1v) is 0.532. The van der Waals surface area contributed by atoms with E-state index in [1.165, 1.54) is 5.34 Å². The van der Waals surface area contributed by atoms with Crippen molar-refractivity contribution in [2.75, 3.05) is 0 Å². The number of rotatable bonds is 1. The molecule has 0 bridgehead atoms. The molecule has 0 fully saturated rings. The van der Waals surface area contributed by atoms with E-state index < -0.39 is 0 Å². The SMILES string of the molecule is O=NO[O-]. The van der Waals surface area contributed by atoms with E-state index >= 15 is 0 Å². The van der Waals surface area contributed by atoms with Gasteiger partial charge >= 0.3 is 0 Å². The summed E-state index contributed by atoms with van der Waals surface area (Å²) in [5, 5.41) is 9.75. The minimum atomic E-state index is 1.43. The number of hydrogen-bond donors (Lipinski definition) is 0. The molecule has 0 aliphatic carbocycles. The molecule has 4 nitrogen and oxygen atoms in total. The fraction of sp³-hybridized carbons (Fsp3) is 0. The van der Waals surface area contributed by atoms with Crippen LogP contribution in [0.4, 0.5) is 0 Å². The Hall–Kier alpha value is -0.640. The topological polar surface area (TPSA) is 61.7 Å². The Morgan fingerprint density at radius 1 is 2.00 bits per heavy atom. The van der Waals surface area contributed by atoms with Crippen molar-refractivity contribution >= 4 is 0 Å². The maximum Gasteiger partial charge on any atom is 0.149 e. The van der Waals surface area contributed by atoms with Gasteiger partial charge in [0.25, 0.3) is 0 Å². The lowest BCUT2D eigenvalue weighted by Crippen LogP contribution is -1.94. The highest BCUT2D eigenvalue weighted by molar-refractivity contribution is 3.85.